The number of aliphatic carboxylic acids is 1. The second kappa shape index (κ2) is 4.41. The molecule has 0 unspecified atom stereocenters. The highest BCUT2D eigenvalue weighted by molar-refractivity contribution is 5.85. The number of nitrogens with zero attached hydrogens (tertiary/aromatic N) is 1. The molecule has 0 aliphatic carbocycles. The number of aromatic nitrogens is 1. The highest BCUT2D eigenvalue weighted by Gasteiger charge is 2.14. The zero-order chi connectivity index (χ0) is 12.4. The fraction of sp³-hybridized carbons (Fsp3) is 0.231. The Morgan fingerprint density at radius 1 is 1.35 bits per heavy atom. The van der Waals surface area contributed by atoms with Crippen molar-refractivity contribution in [1.82, 2.24) is 4.98 Å². The van der Waals surface area contributed by atoms with Crippen LogP contribution in [-0.2, 0) is 4.79 Å². The molecule has 1 heterocycles. The molecule has 0 radical (unpaired) electrons. The van der Waals surface area contributed by atoms with Gasteiger partial charge in [-0.05, 0) is 26.0 Å². The van der Waals surface area contributed by atoms with Gasteiger partial charge in [-0.1, -0.05) is 18.2 Å². The van der Waals surface area contributed by atoms with E-state index in [1.54, 1.807) is 6.07 Å². The normalized spacial score (nSPS) is 12.4. The molecule has 0 aliphatic rings. The number of carboxylic acid groups (broad SMARTS) is 1. The first-order chi connectivity index (χ1) is 8.08. The lowest BCUT2D eigenvalue weighted by Crippen LogP contribution is -2.23. The molecule has 0 spiro atoms. The zero-order valence-electron chi connectivity index (χ0n) is 9.68. The molecule has 0 amide bonds. The first kappa shape index (κ1) is 11.4. The van der Waals surface area contributed by atoms with Crippen molar-refractivity contribution in [2.75, 3.05) is 0 Å². The number of carboxylic acids is 1. The number of para-hydroxylation sites is 1. The number of ether oxygens (including phenoxy) is 1. The molecule has 1 N–H and O–H groups in total. The summed E-state index contributed by atoms with van der Waals surface area (Å²) in [4.78, 5) is 15.1. The minimum Gasteiger partial charge on any atom is -0.479 e. The van der Waals surface area contributed by atoms with Crippen LogP contribution >= 0.6 is 0 Å². The monoisotopic (exact) mass is 231 g/mol. The average molecular weight is 231 g/mol. The first-order valence-electron chi connectivity index (χ1n) is 5.34. The van der Waals surface area contributed by atoms with E-state index in [0.717, 1.165) is 11.1 Å². The van der Waals surface area contributed by atoms with Gasteiger partial charge >= 0.3 is 5.97 Å². The van der Waals surface area contributed by atoms with E-state index < -0.39 is 12.1 Å². The molecule has 4 nitrogen and oxygen atoms in total. The van der Waals surface area contributed by atoms with Gasteiger partial charge in [0, 0.05) is 11.1 Å². The van der Waals surface area contributed by atoms with Crippen LogP contribution in [0.1, 0.15) is 12.6 Å². The van der Waals surface area contributed by atoms with Gasteiger partial charge < -0.3 is 9.84 Å². The van der Waals surface area contributed by atoms with Gasteiger partial charge in [0.25, 0.3) is 0 Å². The fourth-order valence-electron chi connectivity index (χ4n) is 1.55. The number of hydrogen-bond donors (Lipinski definition) is 1. The minimum atomic E-state index is -0.991. The maximum Gasteiger partial charge on any atom is 0.344 e. The van der Waals surface area contributed by atoms with E-state index in [1.165, 1.54) is 6.92 Å². The SMILES string of the molecule is Cc1ccc2cccc(O[C@@H](C)C(=O)O)c2n1. The molecule has 0 aliphatic heterocycles. The zero-order valence-corrected chi connectivity index (χ0v) is 9.68. The van der Waals surface area contributed by atoms with Crippen molar-refractivity contribution in [3.05, 3.63) is 36.0 Å². The van der Waals surface area contributed by atoms with Gasteiger partial charge in [-0.15, -0.1) is 0 Å². The summed E-state index contributed by atoms with van der Waals surface area (Å²) in [5, 5.41) is 9.76. The first-order valence-corrected chi connectivity index (χ1v) is 5.34. The predicted molar refractivity (Wildman–Crippen MR) is 64.2 cm³/mol. The van der Waals surface area contributed by atoms with E-state index in [9.17, 15) is 4.79 Å². The van der Waals surface area contributed by atoms with Gasteiger partial charge in [0.1, 0.15) is 11.3 Å². The van der Waals surface area contributed by atoms with Crippen molar-refractivity contribution in [2.45, 2.75) is 20.0 Å². The molecule has 1 atom stereocenters. The Morgan fingerprint density at radius 3 is 2.82 bits per heavy atom. The maximum atomic E-state index is 10.8. The van der Waals surface area contributed by atoms with Gasteiger partial charge in [-0.25, -0.2) is 9.78 Å². The smallest absolute Gasteiger partial charge is 0.344 e. The van der Waals surface area contributed by atoms with Crippen LogP contribution in [0.4, 0.5) is 0 Å². The van der Waals surface area contributed by atoms with Crippen molar-refractivity contribution in [1.29, 1.82) is 0 Å². The Bertz CT molecular complexity index is 566. The summed E-state index contributed by atoms with van der Waals surface area (Å²) in [6, 6.07) is 9.32. The van der Waals surface area contributed by atoms with Gasteiger partial charge in [0.15, 0.2) is 6.10 Å². The highest BCUT2D eigenvalue weighted by Crippen LogP contribution is 2.24. The standard InChI is InChI=1S/C13H13NO3/c1-8-6-7-10-4-3-5-11(12(10)14-8)17-9(2)13(15)16/h3-7,9H,1-2H3,(H,15,16)/t9-/m0/s1. The van der Waals surface area contributed by atoms with Crippen LogP contribution in [0.5, 0.6) is 5.75 Å². The van der Waals surface area contributed by atoms with Gasteiger partial charge in [-0.2, -0.15) is 0 Å². The molecule has 0 bridgehead atoms. The Labute approximate surface area is 98.9 Å². The van der Waals surface area contributed by atoms with Crippen molar-refractivity contribution >= 4 is 16.9 Å². The van der Waals surface area contributed by atoms with Gasteiger partial charge in [-0.3, -0.25) is 0 Å². The Kier molecular flexibility index (Phi) is 2.95. The molecule has 2 rings (SSSR count). The van der Waals surface area contributed by atoms with E-state index in [-0.39, 0.29) is 0 Å². The second-order valence-corrected chi connectivity index (χ2v) is 3.88. The quantitative estimate of drug-likeness (QED) is 0.881. The van der Waals surface area contributed by atoms with Crippen molar-refractivity contribution in [3.8, 4) is 5.75 Å². The highest BCUT2D eigenvalue weighted by atomic mass is 16.5. The number of rotatable bonds is 3. The van der Waals surface area contributed by atoms with E-state index in [4.69, 9.17) is 9.84 Å². The number of carbonyl (C=O) groups is 1. The average Bonchev–Trinajstić information content (AvgIpc) is 2.29. The van der Waals surface area contributed by atoms with Crippen molar-refractivity contribution in [3.63, 3.8) is 0 Å². The summed E-state index contributed by atoms with van der Waals surface area (Å²) in [7, 11) is 0. The van der Waals surface area contributed by atoms with Crippen LogP contribution in [0.15, 0.2) is 30.3 Å². The molecule has 0 saturated carbocycles. The molecule has 4 heteroatoms. The maximum absolute atomic E-state index is 10.8. The number of aryl methyl sites for hydroxylation is 1. The van der Waals surface area contributed by atoms with Gasteiger partial charge in [0.2, 0.25) is 0 Å². The van der Waals surface area contributed by atoms with Crippen LogP contribution < -0.4 is 4.74 Å². The third-order valence-corrected chi connectivity index (χ3v) is 2.47. The van der Waals surface area contributed by atoms with E-state index in [1.807, 2.05) is 31.2 Å². The third-order valence-electron chi connectivity index (χ3n) is 2.47. The number of pyridine rings is 1. The second-order valence-electron chi connectivity index (χ2n) is 3.88. The number of benzene rings is 1. The Morgan fingerprint density at radius 2 is 2.12 bits per heavy atom. The van der Waals surface area contributed by atoms with Gasteiger partial charge in [0.05, 0.1) is 0 Å². The molecule has 1 aromatic heterocycles. The Balaban J connectivity index is 2.46. The molecular formula is C13H13NO3. The molecule has 0 fully saturated rings. The molecule has 1 aromatic carbocycles. The van der Waals surface area contributed by atoms with Crippen LogP contribution in [-0.4, -0.2) is 22.2 Å². The third kappa shape index (κ3) is 2.36. The number of hydrogen-bond acceptors (Lipinski definition) is 3. The summed E-state index contributed by atoms with van der Waals surface area (Å²) in [5.41, 5.74) is 1.57. The van der Waals surface area contributed by atoms with E-state index in [2.05, 4.69) is 4.98 Å². The predicted octanol–water partition coefficient (Wildman–Crippen LogP) is 2.40. The summed E-state index contributed by atoms with van der Waals surface area (Å²) in [6.45, 7) is 3.38. The summed E-state index contributed by atoms with van der Waals surface area (Å²) >= 11 is 0. The summed E-state index contributed by atoms with van der Waals surface area (Å²) in [5.74, 6) is -0.490. The number of fused-ring (bicyclic) bond motifs is 1. The van der Waals surface area contributed by atoms with Crippen LogP contribution in [0.2, 0.25) is 0 Å². The van der Waals surface area contributed by atoms with Crippen LogP contribution in [0.25, 0.3) is 10.9 Å². The fourth-order valence-corrected chi connectivity index (χ4v) is 1.55. The van der Waals surface area contributed by atoms with E-state index in [0.29, 0.717) is 11.3 Å². The lowest BCUT2D eigenvalue weighted by Gasteiger charge is -2.12. The van der Waals surface area contributed by atoms with Crippen LogP contribution in [0, 0.1) is 6.92 Å². The molecule has 17 heavy (non-hydrogen) atoms. The van der Waals surface area contributed by atoms with Crippen molar-refractivity contribution in [2.24, 2.45) is 0 Å². The topological polar surface area (TPSA) is 59.4 Å². The minimum absolute atomic E-state index is 0.501. The van der Waals surface area contributed by atoms with E-state index >= 15 is 0 Å². The largest absolute Gasteiger partial charge is 0.479 e. The lowest BCUT2D eigenvalue weighted by molar-refractivity contribution is -0.144. The molecule has 2 aromatic rings. The Hall–Kier alpha value is -2.10. The van der Waals surface area contributed by atoms with Crippen LogP contribution in [0.3, 0.4) is 0 Å². The lowest BCUT2D eigenvalue weighted by atomic mass is 10.2. The van der Waals surface area contributed by atoms with Crippen molar-refractivity contribution < 1.29 is 14.6 Å². The summed E-state index contributed by atoms with van der Waals surface area (Å²) < 4.78 is 5.38. The molecule has 88 valence electrons. The molecular weight excluding hydrogens is 218 g/mol. The summed E-state index contributed by atoms with van der Waals surface area (Å²) in [6.07, 6.45) is -0.886. The molecule has 0 saturated heterocycles.